The first-order chi connectivity index (χ1) is 7.65. The lowest BCUT2D eigenvalue weighted by Gasteiger charge is -2.04. The van der Waals surface area contributed by atoms with E-state index in [0.717, 1.165) is 11.1 Å². The molecule has 1 saturated carbocycles. The van der Waals surface area contributed by atoms with Crippen molar-refractivity contribution in [2.24, 2.45) is 11.7 Å². The first-order valence-corrected chi connectivity index (χ1v) is 6.05. The number of furan rings is 1. The summed E-state index contributed by atoms with van der Waals surface area (Å²) < 4.78 is 5.70. The molecule has 0 amide bonds. The van der Waals surface area contributed by atoms with Gasteiger partial charge in [-0.2, -0.15) is 0 Å². The fraction of sp³-hybridized carbons (Fsp3) is 0.333. The molecule has 0 aliphatic heterocycles. The van der Waals surface area contributed by atoms with Gasteiger partial charge in [0, 0.05) is 10.4 Å². The minimum Gasteiger partial charge on any atom is -0.458 e. The summed E-state index contributed by atoms with van der Waals surface area (Å²) >= 11 is 12.0. The second kappa shape index (κ2) is 3.66. The van der Waals surface area contributed by atoms with Gasteiger partial charge in [-0.05, 0) is 37.0 Å². The number of nitrogens with two attached hydrogens (primary N) is 1. The highest BCUT2D eigenvalue weighted by Gasteiger charge is 2.31. The largest absolute Gasteiger partial charge is 0.458 e. The van der Waals surface area contributed by atoms with Crippen LogP contribution in [0.25, 0.3) is 11.0 Å². The molecule has 0 bridgehead atoms. The molecule has 2 nitrogen and oxygen atoms in total. The summed E-state index contributed by atoms with van der Waals surface area (Å²) in [4.78, 5) is 0. The van der Waals surface area contributed by atoms with E-state index in [9.17, 15) is 0 Å². The SMILES string of the molecule is NC(c1cc2cc(Cl)cc(Cl)c2o1)C1CC1. The highest BCUT2D eigenvalue weighted by Crippen LogP contribution is 2.41. The molecule has 3 rings (SSSR count). The Balaban J connectivity index is 2.11. The predicted molar refractivity (Wildman–Crippen MR) is 65.9 cm³/mol. The van der Waals surface area contributed by atoms with E-state index < -0.39 is 0 Å². The molecule has 1 atom stereocenters. The molecular formula is C12H11Cl2NO. The number of fused-ring (bicyclic) bond motifs is 1. The Labute approximate surface area is 103 Å². The third kappa shape index (κ3) is 1.71. The van der Waals surface area contributed by atoms with Crippen molar-refractivity contribution in [1.29, 1.82) is 0 Å². The predicted octanol–water partition coefficient (Wildman–Crippen LogP) is 4.15. The van der Waals surface area contributed by atoms with Gasteiger partial charge in [-0.3, -0.25) is 0 Å². The first-order valence-electron chi connectivity index (χ1n) is 5.29. The summed E-state index contributed by atoms with van der Waals surface area (Å²) in [5, 5.41) is 2.07. The van der Waals surface area contributed by atoms with Crippen molar-refractivity contribution in [3.05, 3.63) is 34.0 Å². The van der Waals surface area contributed by atoms with Crippen molar-refractivity contribution < 1.29 is 4.42 Å². The molecule has 1 heterocycles. The summed E-state index contributed by atoms with van der Waals surface area (Å²) in [6.07, 6.45) is 2.37. The molecule has 0 saturated heterocycles. The van der Waals surface area contributed by atoms with Crippen molar-refractivity contribution >= 4 is 34.2 Å². The van der Waals surface area contributed by atoms with Gasteiger partial charge in [0.05, 0.1) is 11.1 Å². The molecule has 1 unspecified atom stereocenters. The van der Waals surface area contributed by atoms with Gasteiger partial charge in [-0.1, -0.05) is 23.2 Å². The van der Waals surface area contributed by atoms with Crippen LogP contribution < -0.4 is 5.73 Å². The second-order valence-electron chi connectivity index (χ2n) is 4.32. The lowest BCUT2D eigenvalue weighted by molar-refractivity contribution is 0.467. The molecular weight excluding hydrogens is 245 g/mol. The van der Waals surface area contributed by atoms with Gasteiger partial charge in [0.25, 0.3) is 0 Å². The first kappa shape index (κ1) is 10.5. The van der Waals surface area contributed by atoms with Crippen LogP contribution in [0.1, 0.15) is 24.6 Å². The molecule has 2 aromatic rings. The maximum Gasteiger partial charge on any atom is 0.153 e. The van der Waals surface area contributed by atoms with Gasteiger partial charge in [0.15, 0.2) is 5.58 Å². The quantitative estimate of drug-likeness (QED) is 0.876. The van der Waals surface area contributed by atoms with Crippen molar-refractivity contribution in [2.75, 3.05) is 0 Å². The maximum atomic E-state index is 6.08. The van der Waals surface area contributed by atoms with Crippen LogP contribution in [0, 0.1) is 5.92 Å². The number of rotatable bonds is 2. The highest BCUT2D eigenvalue weighted by molar-refractivity contribution is 6.38. The topological polar surface area (TPSA) is 39.2 Å². The normalized spacial score (nSPS) is 17.9. The van der Waals surface area contributed by atoms with E-state index >= 15 is 0 Å². The van der Waals surface area contributed by atoms with E-state index in [0.29, 0.717) is 21.5 Å². The van der Waals surface area contributed by atoms with Gasteiger partial charge >= 0.3 is 0 Å². The lowest BCUT2D eigenvalue weighted by Crippen LogP contribution is -2.10. The van der Waals surface area contributed by atoms with Gasteiger partial charge in [0.1, 0.15) is 5.76 Å². The lowest BCUT2D eigenvalue weighted by atomic mass is 10.1. The minimum absolute atomic E-state index is 0.0118. The molecule has 1 aliphatic carbocycles. The molecule has 4 heteroatoms. The van der Waals surface area contributed by atoms with E-state index in [1.807, 2.05) is 12.1 Å². The van der Waals surface area contributed by atoms with Crippen molar-refractivity contribution in [2.45, 2.75) is 18.9 Å². The van der Waals surface area contributed by atoms with Crippen LogP contribution in [0.15, 0.2) is 22.6 Å². The van der Waals surface area contributed by atoms with Crippen LogP contribution in [0.4, 0.5) is 0 Å². The fourth-order valence-electron chi connectivity index (χ4n) is 1.95. The Hall–Kier alpha value is -0.700. The van der Waals surface area contributed by atoms with E-state index in [1.54, 1.807) is 6.07 Å². The van der Waals surface area contributed by atoms with Crippen molar-refractivity contribution in [3.8, 4) is 0 Å². The monoisotopic (exact) mass is 255 g/mol. The van der Waals surface area contributed by atoms with E-state index in [-0.39, 0.29) is 6.04 Å². The Morgan fingerprint density at radius 2 is 2.00 bits per heavy atom. The Morgan fingerprint density at radius 3 is 2.69 bits per heavy atom. The van der Waals surface area contributed by atoms with Crippen LogP contribution in [-0.4, -0.2) is 0 Å². The van der Waals surface area contributed by atoms with Crippen LogP contribution in [0.5, 0.6) is 0 Å². The van der Waals surface area contributed by atoms with Crippen molar-refractivity contribution in [3.63, 3.8) is 0 Å². The Bertz CT molecular complexity index is 545. The number of hydrogen-bond acceptors (Lipinski definition) is 2. The van der Waals surface area contributed by atoms with Crippen LogP contribution >= 0.6 is 23.2 Å². The summed E-state index contributed by atoms with van der Waals surface area (Å²) in [6, 6.07) is 5.45. The van der Waals surface area contributed by atoms with Crippen LogP contribution in [0.2, 0.25) is 10.0 Å². The number of halogens is 2. The standard InChI is InChI=1S/C12H11Cl2NO/c13-8-3-7-4-10(11(15)6-1-2-6)16-12(7)9(14)5-8/h3-6,11H,1-2,15H2. The molecule has 1 aromatic heterocycles. The third-order valence-corrected chi connectivity index (χ3v) is 3.51. The fourth-order valence-corrected chi connectivity index (χ4v) is 2.50. The van der Waals surface area contributed by atoms with E-state index in [1.165, 1.54) is 12.8 Å². The molecule has 1 aromatic carbocycles. The Kier molecular flexibility index (Phi) is 2.39. The Morgan fingerprint density at radius 1 is 1.25 bits per heavy atom. The average Bonchev–Trinajstić information content (AvgIpc) is 2.97. The van der Waals surface area contributed by atoms with E-state index in [4.69, 9.17) is 33.4 Å². The van der Waals surface area contributed by atoms with Crippen LogP contribution in [0.3, 0.4) is 0 Å². The van der Waals surface area contributed by atoms with Gasteiger partial charge in [-0.25, -0.2) is 0 Å². The highest BCUT2D eigenvalue weighted by atomic mass is 35.5. The molecule has 1 fully saturated rings. The van der Waals surface area contributed by atoms with E-state index in [2.05, 4.69) is 0 Å². The van der Waals surface area contributed by atoms with Gasteiger partial charge in [-0.15, -0.1) is 0 Å². The zero-order chi connectivity index (χ0) is 11.3. The molecule has 2 N–H and O–H groups in total. The number of hydrogen-bond donors (Lipinski definition) is 1. The minimum atomic E-state index is -0.0118. The summed E-state index contributed by atoms with van der Waals surface area (Å²) in [7, 11) is 0. The zero-order valence-corrected chi connectivity index (χ0v) is 10.1. The zero-order valence-electron chi connectivity index (χ0n) is 8.54. The summed E-state index contributed by atoms with van der Waals surface area (Å²) in [5.74, 6) is 1.37. The molecule has 16 heavy (non-hydrogen) atoms. The summed E-state index contributed by atoms with van der Waals surface area (Å²) in [5.41, 5.74) is 6.76. The summed E-state index contributed by atoms with van der Waals surface area (Å²) in [6.45, 7) is 0. The molecule has 1 aliphatic rings. The maximum absolute atomic E-state index is 6.08. The van der Waals surface area contributed by atoms with Gasteiger partial charge in [0.2, 0.25) is 0 Å². The molecule has 0 spiro atoms. The van der Waals surface area contributed by atoms with Crippen LogP contribution in [-0.2, 0) is 0 Å². The van der Waals surface area contributed by atoms with Gasteiger partial charge < -0.3 is 10.2 Å². The third-order valence-electron chi connectivity index (χ3n) is 3.01. The second-order valence-corrected chi connectivity index (χ2v) is 5.16. The molecule has 0 radical (unpaired) electrons. The van der Waals surface area contributed by atoms with Crippen molar-refractivity contribution in [1.82, 2.24) is 0 Å². The number of benzene rings is 1. The average molecular weight is 256 g/mol. The molecule has 84 valence electrons. The smallest absolute Gasteiger partial charge is 0.153 e.